The standard InChI is InChI=1S/C20H20FN3O3/c1-14-3-2-4-15(11-14)12-23-9-10-24(20(27)19(23)26)13-18(25)22-17-7-5-16(21)6-8-17/h2-8,11H,9-10,12-13H2,1H3,(H,22,25). The number of nitrogens with zero attached hydrogens (tertiary/aromatic N) is 2. The van der Waals surface area contributed by atoms with Crippen LogP contribution in [-0.2, 0) is 20.9 Å². The second-order valence-electron chi connectivity index (χ2n) is 6.50. The zero-order chi connectivity index (χ0) is 19.4. The Morgan fingerprint density at radius 2 is 1.70 bits per heavy atom. The molecule has 1 heterocycles. The second kappa shape index (κ2) is 7.99. The first-order chi connectivity index (χ1) is 12.9. The first kappa shape index (κ1) is 18.6. The van der Waals surface area contributed by atoms with Crippen LogP contribution in [0.4, 0.5) is 10.1 Å². The van der Waals surface area contributed by atoms with Crippen molar-refractivity contribution in [2.24, 2.45) is 0 Å². The molecule has 1 N–H and O–H groups in total. The zero-order valence-electron chi connectivity index (χ0n) is 14.9. The summed E-state index contributed by atoms with van der Waals surface area (Å²) in [5.74, 6) is -2.14. The first-order valence-electron chi connectivity index (χ1n) is 8.61. The van der Waals surface area contributed by atoms with Gasteiger partial charge in [0.2, 0.25) is 5.91 Å². The number of carbonyl (C=O) groups is 3. The van der Waals surface area contributed by atoms with Gasteiger partial charge in [-0.1, -0.05) is 29.8 Å². The van der Waals surface area contributed by atoms with Crippen LogP contribution < -0.4 is 5.32 Å². The van der Waals surface area contributed by atoms with Crippen molar-refractivity contribution >= 4 is 23.4 Å². The molecule has 140 valence electrons. The van der Waals surface area contributed by atoms with Crippen LogP contribution in [0.1, 0.15) is 11.1 Å². The van der Waals surface area contributed by atoms with E-state index in [2.05, 4.69) is 5.32 Å². The molecular formula is C20H20FN3O3. The lowest BCUT2D eigenvalue weighted by Crippen LogP contribution is -2.55. The Labute approximate surface area is 156 Å². The van der Waals surface area contributed by atoms with Crippen molar-refractivity contribution in [2.75, 3.05) is 25.0 Å². The third-order valence-corrected chi connectivity index (χ3v) is 4.32. The first-order valence-corrected chi connectivity index (χ1v) is 8.61. The average molecular weight is 369 g/mol. The molecule has 0 bridgehead atoms. The molecule has 3 amide bonds. The quantitative estimate of drug-likeness (QED) is 0.819. The minimum atomic E-state index is -0.692. The van der Waals surface area contributed by atoms with E-state index in [-0.39, 0.29) is 13.1 Å². The van der Waals surface area contributed by atoms with Gasteiger partial charge >= 0.3 is 11.8 Å². The molecule has 1 saturated heterocycles. The van der Waals surface area contributed by atoms with E-state index in [1.54, 1.807) is 0 Å². The van der Waals surface area contributed by atoms with Gasteiger partial charge in [0.15, 0.2) is 0 Å². The molecule has 7 heteroatoms. The van der Waals surface area contributed by atoms with Crippen LogP contribution in [0.5, 0.6) is 0 Å². The number of amides is 3. The molecule has 1 aliphatic rings. The van der Waals surface area contributed by atoms with Gasteiger partial charge in [-0.3, -0.25) is 14.4 Å². The van der Waals surface area contributed by atoms with E-state index in [0.717, 1.165) is 11.1 Å². The molecule has 0 aromatic heterocycles. The summed E-state index contributed by atoms with van der Waals surface area (Å²) in [7, 11) is 0. The van der Waals surface area contributed by atoms with E-state index in [4.69, 9.17) is 0 Å². The average Bonchev–Trinajstić information content (AvgIpc) is 2.63. The van der Waals surface area contributed by atoms with Gasteiger partial charge in [-0.2, -0.15) is 0 Å². The van der Waals surface area contributed by atoms with Crippen molar-refractivity contribution in [1.29, 1.82) is 0 Å². The maximum absolute atomic E-state index is 12.9. The fourth-order valence-electron chi connectivity index (χ4n) is 2.95. The highest BCUT2D eigenvalue weighted by Gasteiger charge is 2.33. The third-order valence-electron chi connectivity index (χ3n) is 4.32. The Balaban J connectivity index is 1.56. The van der Waals surface area contributed by atoms with Gasteiger partial charge in [-0.05, 0) is 36.8 Å². The summed E-state index contributed by atoms with van der Waals surface area (Å²) in [6.07, 6.45) is 0. The number of nitrogens with one attached hydrogen (secondary N) is 1. The number of anilines is 1. The van der Waals surface area contributed by atoms with Crippen LogP contribution in [0.15, 0.2) is 48.5 Å². The normalized spacial score (nSPS) is 14.4. The number of benzene rings is 2. The predicted octanol–water partition coefficient (Wildman–Crippen LogP) is 1.94. The van der Waals surface area contributed by atoms with Gasteiger partial charge in [0.25, 0.3) is 0 Å². The van der Waals surface area contributed by atoms with Crippen molar-refractivity contribution in [1.82, 2.24) is 9.80 Å². The van der Waals surface area contributed by atoms with E-state index < -0.39 is 23.5 Å². The van der Waals surface area contributed by atoms with Crippen molar-refractivity contribution in [2.45, 2.75) is 13.5 Å². The summed E-state index contributed by atoms with van der Waals surface area (Å²) in [5, 5.41) is 2.58. The number of piperazine rings is 1. The Bertz CT molecular complexity index is 867. The van der Waals surface area contributed by atoms with Gasteiger partial charge in [-0.25, -0.2) is 4.39 Å². The minimum Gasteiger partial charge on any atom is -0.328 e. The molecule has 0 spiro atoms. The number of rotatable bonds is 5. The number of aryl methyl sites for hydroxylation is 1. The highest BCUT2D eigenvalue weighted by Crippen LogP contribution is 2.13. The molecular weight excluding hydrogens is 349 g/mol. The van der Waals surface area contributed by atoms with Gasteiger partial charge in [0.1, 0.15) is 12.4 Å². The molecule has 2 aromatic carbocycles. The highest BCUT2D eigenvalue weighted by molar-refractivity contribution is 6.35. The summed E-state index contributed by atoms with van der Waals surface area (Å²) >= 11 is 0. The van der Waals surface area contributed by atoms with Crippen LogP contribution in [0.25, 0.3) is 0 Å². The lowest BCUT2D eigenvalue weighted by atomic mass is 10.1. The molecule has 27 heavy (non-hydrogen) atoms. The SMILES string of the molecule is Cc1cccc(CN2CCN(CC(=O)Nc3ccc(F)cc3)C(=O)C2=O)c1. The number of carbonyl (C=O) groups excluding carboxylic acids is 3. The Hall–Kier alpha value is -3.22. The molecule has 0 unspecified atom stereocenters. The molecule has 0 saturated carbocycles. The zero-order valence-corrected chi connectivity index (χ0v) is 14.9. The Morgan fingerprint density at radius 3 is 2.41 bits per heavy atom. The van der Waals surface area contributed by atoms with E-state index in [1.807, 2.05) is 31.2 Å². The fourth-order valence-corrected chi connectivity index (χ4v) is 2.95. The van der Waals surface area contributed by atoms with Gasteiger partial charge in [0, 0.05) is 25.3 Å². The van der Waals surface area contributed by atoms with E-state index in [1.165, 1.54) is 34.1 Å². The van der Waals surface area contributed by atoms with Crippen molar-refractivity contribution < 1.29 is 18.8 Å². The number of hydrogen-bond acceptors (Lipinski definition) is 3. The molecule has 1 fully saturated rings. The van der Waals surface area contributed by atoms with Crippen molar-refractivity contribution in [3.8, 4) is 0 Å². The summed E-state index contributed by atoms with van der Waals surface area (Å²) in [5.41, 5.74) is 2.47. The number of hydrogen-bond donors (Lipinski definition) is 1. The van der Waals surface area contributed by atoms with Crippen LogP contribution in [-0.4, -0.2) is 47.2 Å². The topological polar surface area (TPSA) is 69.7 Å². The highest BCUT2D eigenvalue weighted by atomic mass is 19.1. The lowest BCUT2D eigenvalue weighted by Gasteiger charge is -2.33. The van der Waals surface area contributed by atoms with E-state index >= 15 is 0 Å². The second-order valence-corrected chi connectivity index (χ2v) is 6.50. The molecule has 0 radical (unpaired) electrons. The maximum Gasteiger partial charge on any atom is 0.312 e. The van der Waals surface area contributed by atoms with Gasteiger partial charge in [0.05, 0.1) is 0 Å². The maximum atomic E-state index is 12.9. The van der Waals surface area contributed by atoms with Gasteiger partial charge in [-0.15, -0.1) is 0 Å². The van der Waals surface area contributed by atoms with Crippen LogP contribution in [0.2, 0.25) is 0 Å². The monoisotopic (exact) mass is 369 g/mol. The van der Waals surface area contributed by atoms with E-state index in [9.17, 15) is 18.8 Å². The van der Waals surface area contributed by atoms with Crippen LogP contribution >= 0.6 is 0 Å². The Kier molecular flexibility index (Phi) is 5.49. The van der Waals surface area contributed by atoms with Crippen LogP contribution in [0.3, 0.4) is 0 Å². The summed E-state index contributed by atoms with van der Waals surface area (Å²) in [6.45, 7) is 2.76. The summed E-state index contributed by atoms with van der Waals surface area (Å²) in [4.78, 5) is 39.5. The molecule has 6 nitrogen and oxygen atoms in total. The van der Waals surface area contributed by atoms with E-state index in [0.29, 0.717) is 18.8 Å². The molecule has 2 aromatic rings. The van der Waals surface area contributed by atoms with Gasteiger partial charge < -0.3 is 15.1 Å². The number of halogens is 1. The van der Waals surface area contributed by atoms with Crippen molar-refractivity contribution in [3.05, 3.63) is 65.5 Å². The molecule has 0 atom stereocenters. The fraction of sp³-hybridized carbons (Fsp3) is 0.250. The minimum absolute atomic E-state index is 0.222. The lowest BCUT2D eigenvalue weighted by molar-refractivity contribution is -0.157. The molecule has 0 aliphatic carbocycles. The summed E-state index contributed by atoms with van der Waals surface area (Å²) < 4.78 is 12.9. The van der Waals surface area contributed by atoms with Crippen molar-refractivity contribution in [3.63, 3.8) is 0 Å². The summed E-state index contributed by atoms with van der Waals surface area (Å²) in [6, 6.07) is 13.1. The molecule has 3 rings (SSSR count). The smallest absolute Gasteiger partial charge is 0.312 e. The largest absolute Gasteiger partial charge is 0.328 e. The predicted molar refractivity (Wildman–Crippen MR) is 98.2 cm³/mol. The molecule has 1 aliphatic heterocycles. The Morgan fingerprint density at radius 1 is 1.04 bits per heavy atom. The van der Waals surface area contributed by atoms with Crippen LogP contribution in [0, 0.1) is 12.7 Å². The third kappa shape index (κ3) is 4.69.